The van der Waals surface area contributed by atoms with Crippen LogP contribution in [-0.4, -0.2) is 35.7 Å². The van der Waals surface area contributed by atoms with Crippen molar-refractivity contribution >= 4 is 50.5 Å². The van der Waals surface area contributed by atoms with Crippen molar-refractivity contribution < 1.29 is 27.4 Å². The standard InChI is InChI=1S/C22H20Cl2N2O6S/c1-30-19-8-7-15(10-17(19)25-22(27)13-5-4-6-14(23)9-13)33(28,29)26-18-12-20(31-2)16(24)11-21(18)32-3/h4-12,26H,1-3H3,(H,25,27). The number of halogens is 2. The molecule has 33 heavy (non-hydrogen) atoms. The van der Waals surface area contributed by atoms with Gasteiger partial charge in [-0.25, -0.2) is 8.42 Å². The summed E-state index contributed by atoms with van der Waals surface area (Å²) in [5, 5.41) is 3.30. The van der Waals surface area contributed by atoms with Crippen molar-refractivity contribution in [2.75, 3.05) is 31.4 Å². The number of hydrogen-bond donors (Lipinski definition) is 2. The van der Waals surface area contributed by atoms with Crippen LogP contribution in [0.5, 0.6) is 17.2 Å². The number of sulfonamides is 1. The van der Waals surface area contributed by atoms with E-state index in [4.69, 9.17) is 37.4 Å². The van der Waals surface area contributed by atoms with E-state index in [1.807, 2.05) is 0 Å². The zero-order valence-electron chi connectivity index (χ0n) is 17.8. The molecule has 0 heterocycles. The first-order chi connectivity index (χ1) is 15.7. The number of amides is 1. The maximum atomic E-state index is 13.1. The number of carbonyl (C=O) groups excluding carboxylic acids is 1. The highest BCUT2D eigenvalue weighted by molar-refractivity contribution is 7.92. The zero-order chi connectivity index (χ0) is 24.2. The number of nitrogens with one attached hydrogen (secondary N) is 2. The summed E-state index contributed by atoms with van der Waals surface area (Å²) in [5.41, 5.74) is 0.582. The molecule has 0 saturated carbocycles. The molecule has 1 amide bonds. The molecule has 3 aromatic rings. The second kappa shape index (κ2) is 10.2. The summed E-state index contributed by atoms with van der Waals surface area (Å²) < 4.78 is 44.3. The van der Waals surface area contributed by atoms with Crippen LogP contribution in [0.4, 0.5) is 11.4 Å². The Bertz CT molecular complexity index is 1300. The van der Waals surface area contributed by atoms with E-state index in [-0.39, 0.29) is 38.5 Å². The molecule has 3 rings (SSSR count). The molecule has 2 N–H and O–H groups in total. The van der Waals surface area contributed by atoms with E-state index in [1.54, 1.807) is 18.2 Å². The van der Waals surface area contributed by atoms with Gasteiger partial charge in [0.15, 0.2) is 0 Å². The first-order valence-corrected chi connectivity index (χ1v) is 11.6. The highest BCUT2D eigenvalue weighted by Crippen LogP contribution is 2.37. The number of anilines is 2. The highest BCUT2D eigenvalue weighted by Gasteiger charge is 2.21. The monoisotopic (exact) mass is 510 g/mol. The number of methoxy groups -OCH3 is 3. The molecule has 0 spiro atoms. The van der Waals surface area contributed by atoms with Crippen LogP contribution in [0.3, 0.4) is 0 Å². The topological polar surface area (TPSA) is 103 Å². The Morgan fingerprint density at radius 1 is 0.818 bits per heavy atom. The van der Waals surface area contributed by atoms with Crippen molar-refractivity contribution in [3.63, 3.8) is 0 Å². The van der Waals surface area contributed by atoms with Gasteiger partial charge in [0.2, 0.25) is 0 Å². The van der Waals surface area contributed by atoms with E-state index in [2.05, 4.69) is 10.0 Å². The zero-order valence-corrected chi connectivity index (χ0v) is 20.1. The smallest absolute Gasteiger partial charge is 0.262 e. The van der Waals surface area contributed by atoms with Crippen LogP contribution in [0.25, 0.3) is 0 Å². The van der Waals surface area contributed by atoms with E-state index in [1.165, 1.54) is 57.7 Å². The van der Waals surface area contributed by atoms with Crippen LogP contribution in [0.1, 0.15) is 10.4 Å². The summed E-state index contributed by atoms with van der Waals surface area (Å²) in [6.07, 6.45) is 0. The quantitative estimate of drug-likeness (QED) is 0.438. The van der Waals surface area contributed by atoms with Gasteiger partial charge in [-0.3, -0.25) is 9.52 Å². The van der Waals surface area contributed by atoms with Crippen LogP contribution in [0, 0.1) is 0 Å². The molecule has 0 saturated heterocycles. The van der Waals surface area contributed by atoms with Crippen molar-refractivity contribution in [2.24, 2.45) is 0 Å². The molecular weight excluding hydrogens is 491 g/mol. The lowest BCUT2D eigenvalue weighted by molar-refractivity contribution is 0.102. The van der Waals surface area contributed by atoms with Gasteiger partial charge in [-0.15, -0.1) is 0 Å². The molecule has 0 aliphatic carbocycles. The fourth-order valence-electron chi connectivity index (χ4n) is 2.92. The van der Waals surface area contributed by atoms with Gasteiger partial charge in [0.25, 0.3) is 15.9 Å². The second-order valence-electron chi connectivity index (χ2n) is 6.62. The summed E-state index contributed by atoms with van der Waals surface area (Å²) in [4.78, 5) is 12.5. The minimum absolute atomic E-state index is 0.124. The van der Waals surface area contributed by atoms with Crippen LogP contribution < -0.4 is 24.2 Å². The molecule has 0 aliphatic heterocycles. The fraction of sp³-hybridized carbons (Fsp3) is 0.136. The minimum Gasteiger partial charge on any atom is -0.495 e. The third-order valence-electron chi connectivity index (χ3n) is 4.53. The molecule has 0 bridgehead atoms. The summed E-state index contributed by atoms with van der Waals surface area (Å²) in [6.45, 7) is 0. The fourth-order valence-corrected chi connectivity index (χ4v) is 4.43. The lowest BCUT2D eigenvalue weighted by Crippen LogP contribution is -2.16. The van der Waals surface area contributed by atoms with Gasteiger partial charge in [-0.1, -0.05) is 29.3 Å². The van der Waals surface area contributed by atoms with Crippen LogP contribution in [0.2, 0.25) is 10.0 Å². The van der Waals surface area contributed by atoms with Crippen LogP contribution in [-0.2, 0) is 10.0 Å². The number of hydrogen-bond acceptors (Lipinski definition) is 6. The Morgan fingerprint density at radius 3 is 2.15 bits per heavy atom. The summed E-state index contributed by atoms with van der Waals surface area (Å²) >= 11 is 12.0. The molecular formula is C22H20Cl2N2O6S. The van der Waals surface area contributed by atoms with Gasteiger partial charge in [-0.05, 0) is 36.4 Å². The van der Waals surface area contributed by atoms with Crippen LogP contribution in [0.15, 0.2) is 59.5 Å². The average molecular weight is 511 g/mol. The van der Waals surface area contributed by atoms with Crippen molar-refractivity contribution in [3.05, 3.63) is 70.2 Å². The third kappa shape index (κ3) is 5.62. The Kier molecular flexibility index (Phi) is 7.57. The van der Waals surface area contributed by atoms with E-state index in [0.717, 1.165) is 0 Å². The Hall–Kier alpha value is -3.14. The lowest BCUT2D eigenvalue weighted by atomic mass is 10.2. The van der Waals surface area contributed by atoms with Gasteiger partial charge in [0.1, 0.15) is 17.2 Å². The molecule has 3 aromatic carbocycles. The molecule has 0 aliphatic rings. The molecule has 11 heteroatoms. The molecule has 0 unspecified atom stereocenters. The van der Waals surface area contributed by atoms with Gasteiger partial charge < -0.3 is 19.5 Å². The van der Waals surface area contributed by atoms with Crippen LogP contribution >= 0.6 is 23.2 Å². The van der Waals surface area contributed by atoms with Gasteiger partial charge in [-0.2, -0.15) is 0 Å². The first kappa shape index (κ1) is 24.5. The van der Waals surface area contributed by atoms with Crippen molar-refractivity contribution in [3.8, 4) is 17.2 Å². The predicted octanol–water partition coefficient (Wildman–Crippen LogP) is 5.07. The molecule has 0 fully saturated rings. The Morgan fingerprint density at radius 2 is 1.52 bits per heavy atom. The third-order valence-corrected chi connectivity index (χ3v) is 6.43. The number of ether oxygens (including phenoxy) is 3. The predicted molar refractivity (Wildman–Crippen MR) is 128 cm³/mol. The molecule has 174 valence electrons. The van der Waals surface area contributed by atoms with Gasteiger partial charge >= 0.3 is 0 Å². The van der Waals surface area contributed by atoms with Gasteiger partial charge in [0.05, 0.1) is 42.6 Å². The molecule has 0 aromatic heterocycles. The molecule has 0 atom stereocenters. The Labute approximate surface area is 201 Å². The number of benzene rings is 3. The summed E-state index contributed by atoms with van der Waals surface area (Å²) in [5.74, 6) is 0.254. The second-order valence-corrected chi connectivity index (χ2v) is 9.15. The Balaban J connectivity index is 1.95. The highest BCUT2D eigenvalue weighted by atomic mass is 35.5. The van der Waals surface area contributed by atoms with E-state index < -0.39 is 15.9 Å². The SMILES string of the molecule is COc1cc(NS(=O)(=O)c2ccc(OC)c(NC(=O)c3cccc(Cl)c3)c2)c(OC)cc1Cl. The molecule has 0 radical (unpaired) electrons. The maximum absolute atomic E-state index is 13.1. The molecule has 8 nitrogen and oxygen atoms in total. The summed E-state index contributed by atoms with van der Waals surface area (Å²) in [6, 6.07) is 13.2. The summed E-state index contributed by atoms with van der Waals surface area (Å²) in [7, 11) is 0.0982. The lowest BCUT2D eigenvalue weighted by Gasteiger charge is -2.16. The van der Waals surface area contributed by atoms with Crippen molar-refractivity contribution in [2.45, 2.75) is 4.90 Å². The van der Waals surface area contributed by atoms with Gasteiger partial charge in [0, 0.05) is 22.7 Å². The average Bonchev–Trinajstić information content (AvgIpc) is 2.79. The van der Waals surface area contributed by atoms with E-state index >= 15 is 0 Å². The van der Waals surface area contributed by atoms with Crippen molar-refractivity contribution in [1.82, 2.24) is 0 Å². The first-order valence-electron chi connectivity index (χ1n) is 9.37. The minimum atomic E-state index is -4.09. The van der Waals surface area contributed by atoms with Crippen molar-refractivity contribution in [1.29, 1.82) is 0 Å². The normalized spacial score (nSPS) is 10.9. The number of rotatable bonds is 8. The van der Waals surface area contributed by atoms with E-state index in [0.29, 0.717) is 10.6 Å². The maximum Gasteiger partial charge on any atom is 0.262 e. The van der Waals surface area contributed by atoms with E-state index in [9.17, 15) is 13.2 Å². The largest absolute Gasteiger partial charge is 0.495 e. The number of carbonyl (C=O) groups is 1.